The molecular weight excluding hydrogens is 379 g/mol. The Kier molecular flexibility index (Phi) is 4.11. The Balaban J connectivity index is 1.67. The van der Waals surface area contributed by atoms with Crippen molar-refractivity contribution >= 4 is 11.3 Å². The van der Waals surface area contributed by atoms with Crippen molar-refractivity contribution in [2.24, 2.45) is 17.1 Å². The van der Waals surface area contributed by atoms with E-state index in [1.807, 2.05) is 4.90 Å². The molecule has 29 heavy (non-hydrogen) atoms. The zero-order valence-electron chi connectivity index (χ0n) is 16.4. The van der Waals surface area contributed by atoms with Crippen LogP contribution in [0.3, 0.4) is 0 Å². The minimum atomic E-state index is -1.57. The molecule has 1 saturated heterocycles. The first kappa shape index (κ1) is 19.0. The van der Waals surface area contributed by atoms with Crippen LogP contribution < -0.4 is 27.6 Å². The van der Waals surface area contributed by atoms with Crippen molar-refractivity contribution < 1.29 is 14.6 Å². The molecule has 3 aliphatic carbocycles. The summed E-state index contributed by atoms with van der Waals surface area (Å²) in [4.78, 5) is 29.3. The van der Waals surface area contributed by atoms with E-state index in [4.69, 9.17) is 5.73 Å². The van der Waals surface area contributed by atoms with Crippen LogP contribution in [-0.4, -0.2) is 62.7 Å². The highest BCUT2D eigenvalue weighted by Crippen LogP contribution is 2.58. The summed E-state index contributed by atoms with van der Waals surface area (Å²) >= 11 is 0. The fourth-order valence-corrected chi connectivity index (χ4v) is 5.60. The third-order valence-corrected chi connectivity index (χ3v) is 7.41. The highest BCUT2D eigenvalue weighted by molar-refractivity contribution is 5.62. The molecule has 5 rings (SSSR count). The van der Waals surface area contributed by atoms with Gasteiger partial charge in [0.25, 0.3) is 5.56 Å². The number of halogens is 1. The molecule has 5 N–H and O–H groups in total. The predicted octanol–water partition coefficient (Wildman–Crippen LogP) is -2.11. The number of H-pyrrole nitrogens is 1. The van der Waals surface area contributed by atoms with Crippen molar-refractivity contribution in [2.75, 3.05) is 19.7 Å². The second-order valence-corrected chi connectivity index (χ2v) is 9.22. The van der Waals surface area contributed by atoms with Crippen LogP contribution in [0.15, 0.2) is 9.59 Å². The highest BCUT2D eigenvalue weighted by atomic mass is 19.1. The minimum Gasteiger partial charge on any atom is -0.399 e. The molecule has 0 aromatic carbocycles. The SMILES string of the molecule is CC1=c2c(c(=O)[nH]c(=O)n2C2CC2)=C(N)C(F)C1N1CC(C(O)CO)C2(CC2)C1. The maximum Gasteiger partial charge on any atom is 0.329 e. The summed E-state index contributed by atoms with van der Waals surface area (Å²) in [5.41, 5.74) is 5.41. The average molecular weight is 406 g/mol. The number of hydrogen-bond donors (Lipinski definition) is 4. The molecule has 158 valence electrons. The van der Waals surface area contributed by atoms with E-state index in [-0.39, 0.29) is 34.9 Å². The normalized spacial score (nSPS) is 31.9. The molecule has 2 heterocycles. The largest absolute Gasteiger partial charge is 0.399 e. The lowest BCUT2D eigenvalue weighted by Gasteiger charge is -2.34. The van der Waals surface area contributed by atoms with Crippen molar-refractivity contribution in [1.82, 2.24) is 14.5 Å². The summed E-state index contributed by atoms with van der Waals surface area (Å²) in [5.74, 6) is -0.125. The van der Waals surface area contributed by atoms with Crippen molar-refractivity contribution in [1.29, 1.82) is 0 Å². The number of aromatic nitrogens is 2. The van der Waals surface area contributed by atoms with Gasteiger partial charge in [0.2, 0.25) is 0 Å². The topological polar surface area (TPSA) is 125 Å². The van der Waals surface area contributed by atoms with E-state index in [2.05, 4.69) is 4.98 Å². The summed E-state index contributed by atoms with van der Waals surface area (Å²) < 4.78 is 17.1. The maximum absolute atomic E-state index is 15.6. The molecule has 1 spiro atoms. The van der Waals surface area contributed by atoms with E-state index in [9.17, 15) is 19.8 Å². The van der Waals surface area contributed by atoms with Crippen molar-refractivity contribution in [3.05, 3.63) is 31.4 Å². The molecule has 4 atom stereocenters. The Hall–Kier alpha value is -1.97. The van der Waals surface area contributed by atoms with Gasteiger partial charge in [-0.05, 0) is 43.6 Å². The van der Waals surface area contributed by atoms with E-state index < -0.39 is 29.6 Å². The third-order valence-electron chi connectivity index (χ3n) is 7.41. The van der Waals surface area contributed by atoms with Crippen LogP contribution in [0.1, 0.15) is 38.6 Å². The van der Waals surface area contributed by atoms with Crippen LogP contribution in [0.25, 0.3) is 11.3 Å². The van der Waals surface area contributed by atoms with E-state index >= 15 is 4.39 Å². The van der Waals surface area contributed by atoms with Gasteiger partial charge < -0.3 is 15.9 Å². The second kappa shape index (κ2) is 6.26. The zero-order valence-corrected chi connectivity index (χ0v) is 16.4. The van der Waals surface area contributed by atoms with Crippen LogP contribution in [0, 0.1) is 11.3 Å². The molecule has 0 bridgehead atoms. The number of nitrogens with one attached hydrogen (secondary N) is 1. The molecule has 2 saturated carbocycles. The monoisotopic (exact) mass is 406 g/mol. The fraction of sp³-hybridized carbons (Fsp3) is 0.700. The van der Waals surface area contributed by atoms with Crippen molar-refractivity contribution in [3.63, 3.8) is 0 Å². The van der Waals surface area contributed by atoms with Gasteiger partial charge in [0.05, 0.1) is 35.0 Å². The Bertz CT molecular complexity index is 1100. The number of aromatic amines is 1. The first-order valence-corrected chi connectivity index (χ1v) is 10.3. The van der Waals surface area contributed by atoms with Gasteiger partial charge in [-0.1, -0.05) is 0 Å². The number of nitrogens with zero attached hydrogens (tertiary/aromatic N) is 2. The number of hydrogen-bond acceptors (Lipinski definition) is 6. The van der Waals surface area contributed by atoms with E-state index in [1.54, 1.807) is 11.5 Å². The fourth-order valence-electron chi connectivity index (χ4n) is 5.60. The summed E-state index contributed by atoms with van der Waals surface area (Å²) in [7, 11) is 0. The van der Waals surface area contributed by atoms with Crippen LogP contribution in [-0.2, 0) is 0 Å². The van der Waals surface area contributed by atoms with Gasteiger partial charge in [0.15, 0.2) is 6.17 Å². The number of nitrogens with two attached hydrogens (primary N) is 1. The van der Waals surface area contributed by atoms with E-state index in [1.165, 1.54) is 0 Å². The van der Waals surface area contributed by atoms with Gasteiger partial charge in [-0.3, -0.25) is 19.2 Å². The van der Waals surface area contributed by atoms with Gasteiger partial charge in [-0.2, -0.15) is 0 Å². The minimum absolute atomic E-state index is 0.00460. The highest BCUT2D eigenvalue weighted by Gasteiger charge is 2.58. The first-order valence-electron chi connectivity index (χ1n) is 10.3. The van der Waals surface area contributed by atoms with Crippen LogP contribution in [0.4, 0.5) is 4.39 Å². The van der Waals surface area contributed by atoms with Crippen LogP contribution in [0.2, 0.25) is 0 Å². The quantitative estimate of drug-likeness (QED) is 0.454. The molecule has 1 aliphatic heterocycles. The Labute approximate surface area is 166 Å². The van der Waals surface area contributed by atoms with Crippen LogP contribution >= 0.6 is 0 Å². The molecule has 8 nitrogen and oxygen atoms in total. The predicted molar refractivity (Wildman–Crippen MR) is 104 cm³/mol. The Morgan fingerprint density at radius 1 is 1.34 bits per heavy atom. The van der Waals surface area contributed by atoms with Gasteiger partial charge >= 0.3 is 5.69 Å². The number of aliphatic hydroxyl groups is 2. The Morgan fingerprint density at radius 3 is 2.62 bits per heavy atom. The van der Waals surface area contributed by atoms with Gasteiger partial charge in [0, 0.05) is 25.0 Å². The van der Waals surface area contributed by atoms with Gasteiger partial charge in [-0.15, -0.1) is 0 Å². The van der Waals surface area contributed by atoms with Gasteiger partial charge in [0.1, 0.15) is 0 Å². The summed E-state index contributed by atoms with van der Waals surface area (Å²) in [6, 6.07) is -0.688. The number of fused-ring (bicyclic) bond motifs is 1. The van der Waals surface area contributed by atoms with E-state index in [0.717, 1.165) is 25.7 Å². The first-order chi connectivity index (χ1) is 13.8. The van der Waals surface area contributed by atoms with Gasteiger partial charge in [-0.25, -0.2) is 9.18 Å². The second-order valence-electron chi connectivity index (χ2n) is 9.22. The average Bonchev–Trinajstić information content (AvgIpc) is 3.58. The molecule has 0 amide bonds. The lowest BCUT2D eigenvalue weighted by atomic mass is 9.88. The summed E-state index contributed by atoms with van der Waals surface area (Å²) in [6.07, 6.45) is 1.15. The maximum atomic E-state index is 15.6. The molecule has 4 aliphatic rings. The van der Waals surface area contributed by atoms with Crippen molar-refractivity contribution in [3.8, 4) is 0 Å². The molecule has 0 radical (unpaired) electrons. The standard InChI is InChI=1S/C20H27FN4O4/c1-9-16-13(18(28)23-19(29)25(16)10-2-3-10)15(22)14(21)17(9)24-6-11(12(27)7-26)20(8-24)4-5-20/h10-12,14,17,26-27H,2-8,22H2,1H3,(H,23,28,29). The molecule has 1 aromatic heterocycles. The van der Waals surface area contributed by atoms with Crippen LogP contribution in [0.5, 0.6) is 0 Å². The molecule has 3 fully saturated rings. The molecule has 9 heteroatoms. The third kappa shape index (κ3) is 2.67. The zero-order chi connectivity index (χ0) is 20.7. The lowest BCUT2D eigenvalue weighted by molar-refractivity contribution is 0.0306. The number of alkyl halides is 1. The smallest absolute Gasteiger partial charge is 0.329 e. The molecule has 4 unspecified atom stereocenters. The number of aliphatic hydroxyl groups excluding tert-OH is 2. The number of rotatable bonds is 4. The Morgan fingerprint density at radius 2 is 2.03 bits per heavy atom. The lowest BCUT2D eigenvalue weighted by Crippen LogP contribution is -2.62. The van der Waals surface area contributed by atoms with Crippen molar-refractivity contribution in [2.45, 2.75) is 57.0 Å². The summed E-state index contributed by atoms with van der Waals surface area (Å²) in [5, 5.41) is 20.3. The molecule has 1 aromatic rings. The summed E-state index contributed by atoms with van der Waals surface area (Å²) in [6.45, 7) is 2.51. The number of likely N-dealkylation sites (tertiary alicyclic amines) is 1. The molecular formula is C20H27FN4O4. The van der Waals surface area contributed by atoms with E-state index in [0.29, 0.717) is 24.0 Å².